The molecule has 1 rings (SSSR count). The summed E-state index contributed by atoms with van der Waals surface area (Å²) in [6.45, 7) is 9.02. The van der Waals surface area contributed by atoms with Crippen LogP contribution in [0.15, 0.2) is 18.2 Å². The molecule has 2 atom stereocenters. The fourth-order valence-corrected chi connectivity index (χ4v) is 2.18. The van der Waals surface area contributed by atoms with Crippen LogP contribution in [0.2, 0.25) is 0 Å². The first-order chi connectivity index (χ1) is 7.95. The van der Waals surface area contributed by atoms with Crippen molar-refractivity contribution in [3.63, 3.8) is 0 Å². The zero-order valence-corrected chi connectivity index (χ0v) is 11.4. The van der Waals surface area contributed by atoms with E-state index in [4.69, 9.17) is 5.73 Å². The number of benzene rings is 1. The molecule has 96 valence electrons. The fourth-order valence-electron chi connectivity index (χ4n) is 2.18. The monoisotopic (exact) mass is 235 g/mol. The maximum Gasteiger partial charge on any atom is 0.0830 e. The minimum Gasteiger partial charge on any atom is -0.388 e. The minimum absolute atomic E-state index is 0.150. The Hall–Kier alpha value is -0.860. The number of hydrogen-bond acceptors (Lipinski definition) is 2. The van der Waals surface area contributed by atoms with Crippen LogP contribution in [0.3, 0.4) is 0 Å². The smallest absolute Gasteiger partial charge is 0.0830 e. The molecular weight excluding hydrogens is 210 g/mol. The molecule has 2 nitrogen and oxygen atoms in total. The normalized spacial score (nSPS) is 15.0. The third-order valence-electron chi connectivity index (χ3n) is 3.40. The molecule has 0 saturated heterocycles. The number of aliphatic hydroxyl groups is 1. The lowest BCUT2D eigenvalue weighted by atomic mass is 9.87. The van der Waals surface area contributed by atoms with E-state index in [1.54, 1.807) is 0 Å². The van der Waals surface area contributed by atoms with Gasteiger partial charge in [0.2, 0.25) is 0 Å². The van der Waals surface area contributed by atoms with Crippen LogP contribution >= 0.6 is 0 Å². The highest BCUT2D eigenvalue weighted by molar-refractivity contribution is 5.31. The van der Waals surface area contributed by atoms with Crippen molar-refractivity contribution in [1.82, 2.24) is 0 Å². The van der Waals surface area contributed by atoms with E-state index in [1.807, 2.05) is 6.07 Å². The molecule has 0 aromatic heterocycles. The van der Waals surface area contributed by atoms with E-state index in [9.17, 15) is 5.11 Å². The van der Waals surface area contributed by atoms with Gasteiger partial charge in [-0.1, -0.05) is 32.0 Å². The van der Waals surface area contributed by atoms with Gasteiger partial charge in [0, 0.05) is 5.92 Å². The molecule has 0 aliphatic carbocycles. The average molecular weight is 235 g/mol. The number of aliphatic hydroxyl groups excluding tert-OH is 1. The molecule has 0 bridgehead atoms. The molecule has 1 aromatic carbocycles. The van der Waals surface area contributed by atoms with Gasteiger partial charge in [0.25, 0.3) is 0 Å². The Morgan fingerprint density at radius 2 is 1.82 bits per heavy atom. The molecule has 0 amide bonds. The van der Waals surface area contributed by atoms with E-state index in [0.717, 1.165) is 12.0 Å². The topological polar surface area (TPSA) is 46.2 Å². The van der Waals surface area contributed by atoms with Gasteiger partial charge in [-0.15, -0.1) is 0 Å². The molecule has 2 unspecified atom stereocenters. The maximum atomic E-state index is 10.4. The number of nitrogens with two attached hydrogens (primary N) is 1. The zero-order valence-electron chi connectivity index (χ0n) is 11.4. The molecule has 0 aliphatic heterocycles. The van der Waals surface area contributed by atoms with Crippen LogP contribution in [0.4, 0.5) is 0 Å². The Bertz CT molecular complexity index is 360. The van der Waals surface area contributed by atoms with Crippen molar-refractivity contribution in [1.29, 1.82) is 0 Å². The van der Waals surface area contributed by atoms with Gasteiger partial charge < -0.3 is 10.8 Å². The molecule has 1 aromatic rings. The van der Waals surface area contributed by atoms with E-state index in [1.165, 1.54) is 11.1 Å². The SMILES string of the molecule is Cc1ccc(C(O)C(CN)CC(C)C)cc1C. The molecule has 0 heterocycles. The molecule has 3 N–H and O–H groups in total. The number of rotatable bonds is 5. The van der Waals surface area contributed by atoms with Gasteiger partial charge in [0.1, 0.15) is 0 Å². The summed E-state index contributed by atoms with van der Waals surface area (Å²) < 4.78 is 0. The Labute approximate surface area is 105 Å². The van der Waals surface area contributed by atoms with Crippen LogP contribution in [0, 0.1) is 25.7 Å². The summed E-state index contributed by atoms with van der Waals surface area (Å²) in [5, 5.41) is 10.4. The van der Waals surface area contributed by atoms with Gasteiger partial charge in [-0.2, -0.15) is 0 Å². The van der Waals surface area contributed by atoms with Crippen molar-refractivity contribution in [2.24, 2.45) is 17.6 Å². The summed E-state index contributed by atoms with van der Waals surface area (Å²) in [4.78, 5) is 0. The second-order valence-electron chi connectivity index (χ2n) is 5.41. The average Bonchev–Trinajstić information content (AvgIpc) is 2.28. The van der Waals surface area contributed by atoms with Gasteiger partial charge in [-0.25, -0.2) is 0 Å². The largest absolute Gasteiger partial charge is 0.388 e. The minimum atomic E-state index is -0.443. The fraction of sp³-hybridized carbons (Fsp3) is 0.600. The summed E-state index contributed by atoms with van der Waals surface area (Å²) in [5.74, 6) is 0.710. The molecule has 0 radical (unpaired) electrons. The van der Waals surface area contributed by atoms with E-state index in [0.29, 0.717) is 12.5 Å². The number of aryl methyl sites for hydroxylation is 2. The van der Waals surface area contributed by atoms with Gasteiger partial charge >= 0.3 is 0 Å². The molecule has 17 heavy (non-hydrogen) atoms. The summed E-state index contributed by atoms with van der Waals surface area (Å²) >= 11 is 0. The summed E-state index contributed by atoms with van der Waals surface area (Å²) in [7, 11) is 0. The standard InChI is InChI=1S/C15H25NO/c1-10(2)7-14(9-16)15(17)13-6-5-11(3)12(4)8-13/h5-6,8,10,14-15,17H,7,9,16H2,1-4H3. The second-order valence-corrected chi connectivity index (χ2v) is 5.41. The van der Waals surface area contributed by atoms with Crippen LogP contribution in [-0.2, 0) is 0 Å². The molecular formula is C15H25NO. The van der Waals surface area contributed by atoms with Crippen molar-refractivity contribution >= 4 is 0 Å². The van der Waals surface area contributed by atoms with Gasteiger partial charge in [0.15, 0.2) is 0 Å². The third kappa shape index (κ3) is 3.83. The van der Waals surface area contributed by atoms with Crippen LogP contribution in [0.25, 0.3) is 0 Å². The van der Waals surface area contributed by atoms with Crippen molar-refractivity contribution in [3.05, 3.63) is 34.9 Å². The quantitative estimate of drug-likeness (QED) is 0.824. The highest BCUT2D eigenvalue weighted by Crippen LogP contribution is 2.27. The Kier molecular flexibility index (Phi) is 5.16. The third-order valence-corrected chi connectivity index (χ3v) is 3.40. The molecule has 0 aliphatic rings. The molecule has 0 spiro atoms. The van der Waals surface area contributed by atoms with Gasteiger partial charge in [-0.05, 0) is 49.4 Å². The van der Waals surface area contributed by atoms with Crippen LogP contribution in [0.1, 0.15) is 43.1 Å². The predicted octanol–water partition coefficient (Wildman–Crippen LogP) is 2.96. The van der Waals surface area contributed by atoms with Gasteiger partial charge in [-0.3, -0.25) is 0 Å². The first-order valence-electron chi connectivity index (χ1n) is 6.41. The van der Waals surface area contributed by atoms with Crippen molar-refractivity contribution in [2.75, 3.05) is 6.54 Å². The first kappa shape index (κ1) is 14.2. The van der Waals surface area contributed by atoms with Crippen molar-refractivity contribution in [3.8, 4) is 0 Å². The van der Waals surface area contributed by atoms with E-state index < -0.39 is 6.10 Å². The Morgan fingerprint density at radius 3 is 2.29 bits per heavy atom. The molecule has 0 saturated carbocycles. The van der Waals surface area contributed by atoms with Crippen molar-refractivity contribution in [2.45, 2.75) is 40.2 Å². The Morgan fingerprint density at radius 1 is 1.18 bits per heavy atom. The van der Waals surface area contributed by atoms with Crippen molar-refractivity contribution < 1.29 is 5.11 Å². The number of hydrogen-bond donors (Lipinski definition) is 2. The summed E-state index contributed by atoms with van der Waals surface area (Å²) in [6, 6.07) is 6.15. The van der Waals surface area contributed by atoms with E-state index in [2.05, 4.69) is 39.8 Å². The van der Waals surface area contributed by atoms with Gasteiger partial charge in [0.05, 0.1) is 6.10 Å². The van der Waals surface area contributed by atoms with Crippen LogP contribution in [0.5, 0.6) is 0 Å². The Balaban J connectivity index is 2.85. The lowest BCUT2D eigenvalue weighted by molar-refractivity contribution is 0.0994. The van der Waals surface area contributed by atoms with E-state index >= 15 is 0 Å². The van der Waals surface area contributed by atoms with Crippen LogP contribution in [-0.4, -0.2) is 11.7 Å². The lowest BCUT2D eigenvalue weighted by Crippen LogP contribution is -2.23. The first-order valence-corrected chi connectivity index (χ1v) is 6.41. The molecule has 0 fully saturated rings. The van der Waals surface area contributed by atoms with Crippen LogP contribution < -0.4 is 5.73 Å². The second kappa shape index (κ2) is 6.18. The van der Waals surface area contributed by atoms with E-state index in [-0.39, 0.29) is 5.92 Å². The highest BCUT2D eigenvalue weighted by atomic mass is 16.3. The maximum absolute atomic E-state index is 10.4. The highest BCUT2D eigenvalue weighted by Gasteiger charge is 2.20. The zero-order chi connectivity index (χ0) is 13.0. The summed E-state index contributed by atoms with van der Waals surface area (Å²) in [6.07, 6.45) is 0.520. The summed E-state index contributed by atoms with van der Waals surface area (Å²) in [5.41, 5.74) is 9.24. The lowest BCUT2D eigenvalue weighted by Gasteiger charge is -2.24. The molecule has 2 heteroatoms. The predicted molar refractivity (Wildman–Crippen MR) is 72.9 cm³/mol.